The van der Waals surface area contributed by atoms with Crippen molar-refractivity contribution in [2.45, 2.75) is 50.0 Å². The van der Waals surface area contributed by atoms with Gasteiger partial charge in [-0.1, -0.05) is 13.8 Å². The lowest BCUT2D eigenvalue weighted by molar-refractivity contribution is 0.371. The summed E-state index contributed by atoms with van der Waals surface area (Å²) in [6.45, 7) is 4.87. The van der Waals surface area contributed by atoms with Gasteiger partial charge in [0.05, 0.1) is 6.07 Å². The molecule has 0 spiro atoms. The third-order valence-electron chi connectivity index (χ3n) is 3.43. The lowest BCUT2D eigenvalue weighted by Crippen LogP contribution is -2.43. The normalized spacial score (nSPS) is 13.7. The van der Waals surface area contributed by atoms with E-state index in [9.17, 15) is 14.0 Å². The molecular weight excluding hydrogens is 290 g/mol. The van der Waals surface area contributed by atoms with Crippen LogP contribution in [0.4, 0.5) is 8.78 Å². The Hall–Kier alpha value is -1.12. The standard InChI is InChI=1S/C16H22F2N2S/c1-3-9-20-16(4-2,12-19)8-5-10-21-15-11-13(17)6-7-14(15)18/h6-7,11,20H,3-5,8-10H2,1-2H3. The van der Waals surface area contributed by atoms with Crippen molar-refractivity contribution >= 4 is 11.8 Å². The van der Waals surface area contributed by atoms with E-state index in [1.54, 1.807) is 0 Å². The molecule has 1 atom stereocenters. The van der Waals surface area contributed by atoms with Crippen molar-refractivity contribution < 1.29 is 8.78 Å². The zero-order chi connectivity index (χ0) is 15.7. The molecule has 0 saturated carbocycles. The fraction of sp³-hybridized carbons (Fsp3) is 0.562. The Morgan fingerprint density at radius 3 is 2.71 bits per heavy atom. The minimum atomic E-state index is -0.503. The summed E-state index contributed by atoms with van der Waals surface area (Å²) in [6, 6.07) is 5.84. The van der Waals surface area contributed by atoms with Crippen molar-refractivity contribution in [3.8, 4) is 6.07 Å². The molecule has 1 unspecified atom stereocenters. The van der Waals surface area contributed by atoms with E-state index in [1.807, 2.05) is 6.92 Å². The number of hydrogen-bond acceptors (Lipinski definition) is 3. The highest BCUT2D eigenvalue weighted by atomic mass is 32.2. The Kier molecular flexibility index (Phi) is 7.69. The zero-order valence-electron chi connectivity index (χ0n) is 12.6. The van der Waals surface area contributed by atoms with Crippen molar-refractivity contribution in [2.75, 3.05) is 12.3 Å². The molecule has 5 heteroatoms. The number of benzene rings is 1. The summed E-state index contributed by atoms with van der Waals surface area (Å²) >= 11 is 1.29. The maximum absolute atomic E-state index is 13.5. The van der Waals surface area contributed by atoms with E-state index in [1.165, 1.54) is 17.8 Å². The fourth-order valence-corrected chi connectivity index (χ4v) is 2.98. The Bertz CT molecular complexity index is 488. The van der Waals surface area contributed by atoms with Crippen LogP contribution in [0.25, 0.3) is 0 Å². The second-order valence-electron chi connectivity index (χ2n) is 5.00. The second-order valence-corrected chi connectivity index (χ2v) is 6.14. The highest BCUT2D eigenvalue weighted by Crippen LogP contribution is 2.25. The molecule has 0 saturated heterocycles. The van der Waals surface area contributed by atoms with Gasteiger partial charge < -0.3 is 0 Å². The molecule has 1 aromatic carbocycles. The van der Waals surface area contributed by atoms with Crippen LogP contribution in [0.2, 0.25) is 0 Å². The fourth-order valence-electron chi connectivity index (χ4n) is 2.07. The predicted molar refractivity (Wildman–Crippen MR) is 83.2 cm³/mol. The van der Waals surface area contributed by atoms with Crippen molar-refractivity contribution in [1.82, 2.24) is 5.32 Å². The van der Waals surface area contributed by atoms with Gasteiger partial charge in [-0.2, -0.15) is 5.26 Å². The molecule has 0 fully saturated rings. The van der Waals surface area contributed by atoms with Crippen LogP contribution in [-0.4, -0.2) is 17.8 Å². The molecule has 2 nitrogen and oxygen atoms in total. The first-order valence-electron chi connectivity index (χ1n) is 7.31. The molecule has 0 radical (unpaired) electrons. The number of nitrogens with one attached hydrogen (secondary N) is 1. The summed E-state index contributed by atoms with van der Waals surface area (Å²) in [6.07, 6.45) is 3.21. The van der Waals surface area contributed by atoms with Gasteiger partial charge in [0, 0.05) is 4.90 Å². The third-order valence-corrected chi connectivity index (χ3v) is 4.55. The van der Waals surface area contributed by atoms with Gasteiger partial charge in [-0.05, 0) is 56.2 Å². The number of nitriles is 1. The molecule has 21 heavy (non-hydrogen) atoms. The van der Waals surface area contributed by atoms with Crippen molar-refractivity contribution in [2.24, 2.45) is 0 Å². The molecule has 0 aliphatic heterocycles. The smallest absolute Gasteiger partial charge is 0.136 e. The van der Waals surface area contributed by atoms with Crippen LogP contribution in [0.3, 0.4) is 0 Å². The minimum Gasteiger partial charge on any atom is -0.299 e. The maximum Gasteiger partial charge on any atom is 0.136 e. The van der Waals surface area contributed by atoms with E-state index in [0.717, 1.165) is 37.9 Å². The van der Waals surface area contributed by atoms with Gasteiger partial charge >= 0.3 is 0 Å². The molecule has 1 aromatic rings. The summed E-state index contributed by atoms with van der Waals surface area (Å²) in [7, 11) is 0. The van der Waals surface area contributed by atoms with Gasteiger partial charge in [-0.25, -0.2) is 8.78 Å². The zero-order valence-corrected chi connectivity index (χ0v) is 13.4. The summed E-state index contributed by atoms with van der Waals surface area (Å²) < 4.78 is 26.5. The molecule has 0 aromatic heterocycles. The third kappa shape index (κ3) is 5.64. The summed E-state index contributed by atoms with van der Waals surface area (Å²) in [5.41, 5.74) is -0.503. The SMILES string of the molecule is CCCNC(C#N)(CC)CCCSc1cc(F)ccc1F. The highest BCUT2D eigenvalue weighted by molar-refractivity contribution is 7.99. The van der Waals surface area contributed by atoms with E-state index in [0.29, 0.717) is 17.1 Å². The Balaban J connectivity index is 2.48. The first kappa shape index (κ1) is 17.9. The summed E-state index contributed by atoms with van der Waals surface area (Å²) in [5, 5.41) is 12.7. The Labute approximate surface area is 129 Å². The summed E-state index contributed by atoms with van der Waals surface area (Å²) in [5.74, 6) is -0.159. The number of nitrogens with zero attached hydrogens (tertiary/aromatic N) is 1. The molecule has 0 aliphatic rings. The molecule has 1 rings (SSSR count). The van der Waals surface area contributed by atoms with E-state index in [2.05, 4.69) is 18.3 Å². The van der Waals surface area contributed by atoms with Crippen LogP contribution in [0.5, 0.6) is 0 Å². The largest absolute Gasteiger partial charge is 0.299 e. The maximum atomic E-state index is 13.5. The van der Waals surface area contributed by atoms with E-state index in [-0.39, 0.29) is 0 Å². The van der Waals surface area contributed by atoms with Crippen molar-refractivity contribution in [3.05, 3.63) is 29.8 Å². The topological polar surface area (TPSA) is 35.8 Å². The Morgan fingerprint density at radius 1 is 1.33 bits per heavy atom. The van der Waals surface area contributed by atoms with Gasteiger partial charge in [-0.3, -0.25) is 5.32 Å². The van der Waals surface area contributed by atoms with Gasteiger partial charge in [0.1, 0.15) is 17.2 Å². The van der Waals surface area contributed by atoms with Crippen molar-refractivity contribution in [3.63, 3.8) is 0 Å². The number of rotatable bonds is 9. The van der Waals surface area contributed by atoms with Crippen LogP contribution >= 0.6 is 11.8 Å². The number of halogens is 2. The van der Waals surface area contributed by atoms with E-state index < -0.39 is 17.2 Å². The minimum absolute atomic E-state index is 0.329. The molecule has 1 N–H and O–H groups in total. The molecule has 0 heterocycles. The molecular formula is C16H22F2N2S. The predicted octanol–water partition coefficient (Wildman–Crippen LogP) is 4.51. The van der Waals surface area contributed by atoms with Crippen LogP contribution < -0.4 is 5.32 Å². The van der Waals surface area contributed by atoms with E-state index >= 15 is 0 Å². The average molecular weight is 312 g/mol. The molecule has 116 valence electrons. The average Bonchev–Trinajstić information content (AvgIpc) is 2.50. The van der Waals surface area contributed by atoms with Gasteiger partial charge in [0.15, 0.2) is 0 Å². The first-order valence-corrected chi connectivity index (χ1v) is 8.29. The lowest BCUT2D eigenvalue weighted by atomic mass is 9.92. The van der Waals surface area contributed by atoms with Gasteiger partial charge in [0.2, 0.25) is 0 Å². The van der Waals surface area contributed by atoms with E-state index in [4.69, 9.17) is 0 Å². The molecule has 0 bridgehead atoms. The van der Waals surface area contributed by atoms with Crippen LogP contribution in [0.1, 0.15) is 39.5 Å². The van der Waals surface area contributed by atoms with Crippen LogP contribution in [0.15, 0.2) is 23.1 Å². The number of thioether (sulfide) groups is 1. The first-order chi connectivity index (χ1) is 10.1. The molecule has 0 amide bonds. The second kappa shape index (κ2) is 9.01. The molecule has 0 aliphatic carbocycles. The summed E-state index contributed by atoms with van der Waals surface area (Å²) in [4.78, 5) is 0.329. The van der Waals surface area contributed by atoms with Gasteiger partial charge in [-0.15, -0.1) is 11.8 Å². The quantitative estimate of drug-likeness (QED) is 0.538. The monoisotopic (exact) mass is 312 g/mol. The van der Waals surface area contributed by atoms with Crippen molar-refractivity contribution in [1.29, 1.82) is 5.26 Å². The number of hydrogen-bond donors (Lipinski definition) is 1. The van der Waals surface area contributed by atoms with Gasteiger partial charge in [0.25, 0.3) is 0 Å². The lowest BCUT2D eigenvalue weighted by Gasteiger charge is -2.26. The van der Waals surface area contributed by atoms with Crippen LogP contribution in [0, 0.1) is 23.0 Å². The highest BCUT2D eigenvalue weighted by Gasteiger charge is 2.26. The van der Waals surface area contributed by atoms with Crippen LogP contribution in [-0.2, 0) is 0 Å². The Morgan fingerprint density at radius 2 is 2.10 bits per heavy atom.